The van der Waals surface area contributed by atoms with E-state index in [0.717, 1.165) is 37.9 Å². The molecule has 1 N–H and O–H groups in total. The summed E-state index contributed by atoms with van der Waals surface area (Å²) < 4.78 is 4.97. The minimum absolute atomic E-state index is 0.416. The Labute approximate surface area is 85.5 Å². The monoisotopic (exact) mass is 194 g/mol. The Hall–Kier alpha value is -1.02. The third-order valence-electron chi connectivity index (χ3n) is 2.29. The van der Waals surface area contributed by atoms with Gasteiger partial charge in [0.1, 0.15) is 5.75 Å². The standard InChI is InChI=1S/C12H18O2/c1-14-10-6-2-3-7-11-8-4-5-9-12(11)13/h4-5,8-9,13H,2-3,6-7,10H2,1H3. The third-order valence-corrected chi connectivity index (χ3v) is 2.29. The van der Waals surface area contributed by atoms with Gasteiger partial charge in [-0.2, -0.15) is 0 Å². The summed E-state index contributed by atoms with van der Waals surface area (Å²) in [4.78, 5) is 0. The molecule has 0 heterocycles. The van der Waals surface area contributed by atoms with Crippen LogP contribution in [0.5, 0.6) is 5.75 Å². The highest BCUT2D eigenvalue weighted by atomic mass is 16.5. The first-order valence-corrected chi connectivity index (χ1v) is 5.10. The second-order valence-electron chi connectivity index (χ2n) is 3.43. The Balaban J connectivity index is 2.21. The topological polar surface area (TPSA) is 29.5 Å². The molecule has 0 saturated carbocycles. The smallest absolute Gasteiger partial charge is 0.118 e. The molecule has 1 aromatic carbocycles. The summed E-state index contributed by atoms with van der Waals surface area (Å²) in [5, 5.41) is 9.49. The number of aryl methyl sites for hydroxylation is 1. The maximum absolute atomic E-state index is 9.49. The van der Waals surface area contributed by atoms with E-state index in [1.807, 2.05) is 18.2 Å². The second-order valence-corrected chi connectivity index (χ2v) is 3.43. The first-order chi connectivity index (χ1) is 6.84. The molecule has 0 aromatic heterocycles. The first kappa shape index (κ1) is 11.1. The van der Waals surface area contributed by atoms with E-state index < -0.39 is 0 Å². The zero-order chi connectivity index (χ0) is 10.2. The molecule has 0 atom stereocenters. The normalized spacial score (nSPS) is 10.4. The van der Waals surface area contributed by atoms with E-state index in [4.69, 9.17) is 4.74 Å². The third kappa shape index (κ3) is 3.79. The van der Waals surface area contributed by atoms with Crippen molar-refractivity contribution in [1.82, 2.24) is 0 Å². The van der Waals surface area contributed by atoms with Crippen molar-refractivity contribution in [2.75, 3.05) is 13.7 Å². The molecule has 1 rings (SSSR count). The fourth-order valence-corrected chi connectivity index (χ4v) is 1.46. The van der Waals surface area contributed by atoms with Crippen LogP contribution in [0.3, 0.4) is 0 Å². The van der Waals surface area contributed by atoms with Crippen molar-refractivity contribution in [3.05, 3.63) is 29.8 Å². The average molecular weight is 194 g/mol. The molecule has 0 unspecified atom stereocenters. The van der Waals surface area contributed by atoms with Crippen LogP contribution in [0.1, 0.15) is 24.8 Å². The number of para-hydroxylation sites is 1. The Morgan fingerprint density at radius 2 is 1.93 bits per heavy atom. The van der Waals surface area contributed by atoms with Crippen LogP contribution in [-0.2, 0) is 11.2 Å². The zero-order valence-electron chi connectivity index (χ0n) is 8.70. The van der Waals surface area contributed by atoms with E-state index in [0.29, 0.717) is 5.75 Å². The number of phenolic OH excluding ortho intramolecular Hbond substituents is 1. The number of benzene rings is 1. The Morgan fingerprint density at radius 1 is 1.14 bits per heavy atom. The summed E-state index contributed by atoms with van der Waals surface area (Å²) in [6, 6.07) is 7.53. The highest BCUT2D eigenvalue weighted by Gasteiger charge is 1.98. The van der Waals surface area contributed by atoms with Gasteiger partial charge in [-0.3, -0.25) is 0 Å². The van der Waals surface area contributed by atoms with Crippen molar-refractivity contribution in [2.24, 2.45) is 0 Å². The Kier molecular flexibility index (Phi) is 5.08. The molecular weight excluding hydrogens is 176 g/mol. The second kappa shape index (κ2) is 6.44. The van der Waals surface area contributed by atoms with Crippen LogP contribution in [0.15, 0.2) is 24.3 Å². The lowest BCUT2D eigenvalue weighted by Gasteiger charge is -2.03. The SMILES string of the molecule is COCCCCCc1ccccc1O. The van der Waals surface area contributed by atoms with Crippen LogP contribution in [0.4, 0.5) is 0 Å². The molecule has 0 bridgehead atoms. The molecule has 14 heavy (non-hydrogen) atoms. The maximum atomic E-state index is 9.49. The lowest BCUT2D eigenvalue weighted by atomic mass is 10.1. The number of ether oxygens (including phenoxy) is 1. The van der Waals surface area contributed by atoms with Crippen LogP contribution in [-0.4, -0.2) is 18.8 Å². The fourth-order valence-electron chi connectivity index (χ4n) is 1.46. The number of rotatable bonds is 6. The molecule has 2 nitrogen and oxygen atoms in total. The van der Waals surface area contributed by atoms with Gasteiger partial charge in [-0.05, 0) is 30.9 Å². The summed E-state index contributed by atoms with van der Waals surface area (Å²) in [6.45, 7) is 0.834. The highest BCUT2D eigenvalue weighted by molar-refractivity contribution is 5.31. The number of hydrogen-bond acceptors (Lipinski definition) is 2. The molecule has 0 amide bonds. The van der Waals surface area contributed by atoms with E-state index in [9.17, 15) is 5.11 Å². The fraction of sp³-hybridized carbons (Fsp3) is 0.500. The summed E-state index contributed by atoms with van der Waals surface area (Å²) >= 11 is 0. The van der Waals surface area contributed by atoms with Gasteiger partial charge in [0.2, 0.25) is 0 Å². The van der Waals surface area contributed by atoms with Gasteiger partial charge in [-0.15, -0.1) is 0 Å². The number of methoxy groups -OCH3 is 1. The number of hydrogen-bond donors (Lipinski definition) is 1. The van der Waals surface area contributed by atoms with E-state index in [-0.39, 0.29) is 0 Å². The number of phenols is 1. The summed E-state index contributed by atoms with van der Waals surface area (Å²) in [5.74, 6) is 0.416. The molecule has 0 saturated heterocycles. The minimum Gasteiger partial charge on any atom is -0.508 e. The molecular formula is C12H18O2. The first-order valence-electron chi connectivity index (χ1n) is 5.10. The maximum Gasteiger partial charge on any atom is 0.118 e. The van der Waals surface area contributed by atoms with Gasteiger partial charge >= 0.3 is 0 Å². The van der Waals surface area contributed by atoms with Crippen LogP contribution in [0.25, 0.3) is 0 Å². The van der Waals surface area contributed by atoms with Crippen LogP contribution in [0.2, 0.25) is 0 Å². The highest BCUT2D eigenvalue weighted by Crippen LogP contribution is 2.18. The van der Waals surface area contributed by atoms with Gasteiger partial charge in [0.15, 0.2) is 0 Å². The minimum atomic E-state index is 0.416. The van der Waals surface area contributed by atoms with Crippen molar-refractivity contribution in [3.8, 4) is 5.75 Å². The number of unbranched alkanes of at least 4 members (excludes halogenated alkanes) is 2. The van der Waals surface area contributed by atoms with Gasteiger partial charge in [0.05, 0.1) is 0 Å². The molecule has 0 aliphatic rings. The molecule has 0 aliphatic heterocycles. The van der Waals surface area contributed by atoms with E-state index in [1.54, 1.807) is 13.2 Å². The van der Waals surface area contributed by atoms with Crippen molar-refractivity contribution in [3.63, 3.8) is 0 Å². The molecule has 0 radical (unpaired) electrons. The predicted octanol–water partition coefficient (Wildman–Crippen LogP) is 2.75. The van der Waals surface area contributed by atoms with Crippen LogP contribution < -0.4 is 0 Å². The largest absolute Gasteiger partial charge is 0.508 e. The van der Waals surface area contributed by atoms with E-state index >= 15 is 0 Å². The zero-order valence-corrected chi connectivity index (χ0v) is 8.70. The van der Waals surface area contributed by atoms with E-state index in [1.165, 1.54) is 0 Å². The molecule has 1 aromatic rings. The van der Waals surface area contributed by atoms with E-state index in [2.05, 4.69) is 0 Å². The lowest BCUT2D eigenvalue weighted by molar-refractivity contribution is 0.192. The molecule has 0 fully saturated rings. The Morgan fingerprint density at radius 3 is 2.64 bits per heavy atom. The van der Waals surface area contributed by atoms with Crippen LogP contribution in [0, 0.1) is 0 Å². The molecule has 0 spiro atoms. The summed E-state index contributed by atoms with van der Waals surface area (Å²) in [7, 11) is 1.73. The summed E-state index contributed by atoms with van der Waals surface area (Å²) in [5.41, 5.74) is 1.05. The van der Waals surface area contributed by atoms with Crippen LogP contribution >= 0.6 is 0 Å². The molecule has 78 valence electrons. The predicted molar refractivity (Wildman–Crippen MR) is 57.5 cm³/mol. The Bertz CT molecular complexity index is 258. The van der Waals surface area contributed by atoms with Gasteiger partial charge in [0, 0.05) is 13.7 Å². The summed E-state index contributed by atoms with van der Waals surface area (Å²) in [6.07, 6.45) is 4.32. The van der Waals surface area contributed by atoms with Crippen molar-refractivity contribution in [2.45, 2.75) is 25.7 Å². The quantitative estimate of drug-likeness (QED) is 0.705. The van der Waals surface area contributed by atoms with Crippen molar-refractivity contribution < 1.29 is 9.84 Å². The molecule has 0 aliphatic carbocycles. The average Bonchev–Trinajstić information content (AvgIpc) is 2.20. The van der Waals surface area contributed by atoms with Crippen molar-refractivity contribution >= 4 is 0 Å². The lowest BCUT2D eigenvalue weighted by Crippen LogP contribution is -1.90. The van der Waals surface area contributed by atoms with Gasteiger partial charge in [-0.25, -0.2) is 0 Å². The molecule has 2 heteroatoms. The number of aromatic hydroxyl groups is 1. The van der Waals surface area contributed by atoms with Gasteiger partial charge < -0.3 is 9.84 Å². The van der Waals surface area contributed by atoms with Gasteiger partial charge in [0.25, 0.3) is 0 Å². The van der Waals surface area contributed by atoms with Crippen molar-refractivity contribution in [1.29, 1.82) is 0 Å². The van der Waals surface area contributed by atoms with Gasteiger partial charge in [-0.1, -0.05) is 24.6 Å².